The van der Waals surface area contributed by atoms with Crippen molar-refractivity contribution in [3.05, 3.63) is 18.6 Å². The van der Waals surface area contributed by atoms with Crippen molar-refractivity contribution in [2.45, 2.75) is 19.4 Å². The van der Waals surface area contributed by atoms with E-state index in [0.29, 0.717) is 5.82 Å². The summed E-state index contributed by atoms with van der Waals surface area (Å²) in [5.74, 6) is 0.0180. The largest absolute Gasteiger partial charge is 0.480 e. The van der Waals surface area contributed by atoms with Gasteiger partial charge in [0.15, 0.2) is 0 Å². The van der Waals surface area contributed by atoms with E-state index in [2.05, 4.69) is 9.97 Å². The number of carboxylic acid groups (broad SMARTS) is 1. The number of nitrogens with zero attached hydrogens (tertiary/aromatic N) is 3. The lowest BCUT2D eigenvalue weighted by molar-refractivity contribution is -0.139. The van der Waals surface area contributed by atoms with Gasteiger partial charge in [0, 0.05) is 18.9 Å². The van der Waals surface area contributed by atoms with Crippen LogP contribution >= 0.6 is 0 Å². The van der Waals surface area contributed by atoms with E-state index in [9.17, 15) is 4.79 Å². The Morgan fingerprint density at radius 1 is 1.60 bits per heavy atom. The summed E-state index contributed by atoms with van der Waals surface area (Å²) in [6.07, 6.45) is 5.65. The third-order valence-electron chi connectivity index (χ3n) is 2.80. The number of hydrogen-bond acceptors (Lipinski definition) is 4. The third-order valence-corrected chi connectivity index (χ3v) is 2.80. The Morgan fingerprint density at radius 2 is 2.40 bits per heavy atom. The number of aromatic nitrogens is 2. The van der Waals surface area contributed by atoms with E-state index in [0.717, 1.165) is 13.0 Å². The molecule has 0 bridgehead atoms. The van der Waals surface area contributed by atoms with Gasteiger partial charge in [0.2, 0.25) is 0 Å². The molecule has 0 amide bonds. The summed E-state index contributed by atoms with van der Waals surface area (Å²) >= 11 is 0. The average molecular weight is 207 g/mol. The first kappa shape index (κ1) is 9.89. The van der Waals surface area contributed by atoms with E-state index in [1.165, 1.54) is 0 Å². The summed E-state index contributed by atoms with van der Waals surface area (Å²) in [7, 11) is 0. The number of carbonyl (C=O) groups is 1. The second kappa shape index (κ2) is 3.84. The van der Waals surface area contributed by atoms with Gasteiger partial charge in [0.1, 0.15) is 11.9 Å². The van der Waals surface area contributed by atoms with Crippen molar-refractivity contribution < 1.29 is 9.90 Å². The van der Waals surface area contributed by atoms with Crippen LogP contribution in [0, 0.1) is 5.92 Å². The van der Waals surface area contributed by atoms with Gasteiger partial charge in [-0.3, -0.25) is 4.98 Å². The Bertz CT molecular complexity index is 355. The molecule has 2 heterocycles. The second-order valence-electron chi connectivity index (χ2n) is 3.81. The van der Waals surface area contributed by atoms with Crippen LogP contribution in [0.25, 0.3) is 0 Å². The highest BCUT2D eigenvalue weighted by molar-refractivity contribution is 5.78. The minimum absolute atomic E-state index is 0.157. The van der Waals surface area contributed by atoms with Crippen molar-refractivity contribution in [1.29, 1.82) is 0 Å². The van der Waals surface area contributed by atoms with Crippen LogP contribution in [0.4, 0.5) is 5.82 Å². The zero-order valence-electron chi connectivity index (χ0n) is 8.50. The van der Waals surface area contributed by atoms with Gasteiger partial charge in [-0.1, -0.05) is 6.92 Å². The number of aliphatic carboxylic acids is 1. The molecule has 1 aliphatic heterocycles. The highest BCUT2D eigenvalue weighted by Crippen LogP contribution is 2.27. The van der Waals surface area contributed by atoms with E-state index in [1.807, 2.05) is 6.92 Å². The van der Waals surface area contributed by atoms with Gasteiger partial charge >= 0.3 is 5.97 Å². The molecular weight excluding hydrogens is 194 g/mol. The molecule has 0 radical (unpaired) electrons. The van der Waals surface area contributed by atoms with Gasteiger partial charge in [-0.05, 0) is 12.3 Å². The summed E-state index contributed by atoms with van der Waals surface area (Å²) in [5.41, 5.74) is 0. The fraction of sp³-hybridized carbons (Fsp3) is 0.500. The molecule has 5 nitrogen and oxygen atoms in total. The van der Waals surface area contributed by atoms with Crippen LogP contribution < -0.4 is 4.90 Å². The van der Waals surface area contributed by atoms with Gasteiger partial charge in [-0.15, -0.1) is 0 Å². The SMILES string of the molecule is CC1CCN(c2cnccn2)C1C(=O)O. The quantitative estimate of drug-likeness (QED) is 0.776. The van der Waals surface area contributed by atoms with E-state index in [1.54, 1.807) is 23.5 Å². The van der Waals surface area contributed by atoms with E-state index < -0.39 is 12.0 Å². The minimum Gasteiger partial charge on any atom is -0.480 e. The molecule has 1 aromatic rings. The minimum atomic E-state index is -0.786. The Kier molecular flexibility index (Phi) is 2.53. The monoisotopic (exact) mass is 207 g/mol. The fourth-order valence-corrected chi connectivity index (χ4v) is 2.02. The molecule has 2 rings (SSSR count). The summed E-state index contributed by atoms with van der Waals surface area (Å²) < 4.78 is 0. The van der Waals surface area contributed by atoms with Crippen LogP contribution in [0.3, 0.4) is 0 Å². The molecule has 0 spiro atoms. The van der Waals surface area contributed by atoms with Crippen molar-refractivity contribution in [3.8, 4) is 0 Å². The van der Waals surface area contributed by atoms with Crippen molar-refractivity contribution in [1.82, 2.24) is 9.97 Å². The molecule has 1 fully saturated rings. The first-order valence-corrected chi connectivity index (χ1v) is 4.95. The van der Waals surface area contributed by atoms with Gasteiger partial charge in [0.25, 0.3) is 0 Å². The van der Waals surface area contributed by atoms with Crippen LogP contribution in [0.2, 0.25) is 0 Å². The molecule has 15 heavy (non-hydrogen) atoms. The smallest absolute Gasteiger partial charge is 0.326 e. The highest BCUT2D eigenvalue weighted by atomic mass is 16.4. The van der Waals surface area contributed by atoms with Crippen LogP contribution in [0.5, 0.6) is 0 Å². The lowest BCUT2D eigenvalue weighted by Crippen LogP contribution is -2.39. The predicted molar refractivity (Wildman–Crippen MR) is 54.6 cm³/mol. The van der Waals surface area contributed by atoms with Crippen LogP contribution in [-0.2, 0) is 4.79 Å². The second-order valence-corrected chi connectivity index (χ2v) is 3.81. The van der Waals surface area contributed by atoms with Crippen LogP contribution in [-0.4, -0.2) is 33.6 Å². The molecule has 2 unspecified atom stereocenters. The van der Waals surface area contributed by atoms with Gasteiger partial charge in [0.05, 0.1) is 6.20 Å². The first-order chi connectivity index (χ1) is 7.20. The zero-order valence-corrected chi connectivity index (χ0v) is 8.50. The Labute approximate surface area is 87.8 Å². The number of rotatable bonds is 2. The molecule has 1 aromatic heterocycles. The molecule has 1 aliphatic rings. The lowest BCUT2D eigenvalue weighted by Gasteiger charge is -2.23. The standard InChI is InChI=1S/C10H13N3O2/c1-7-2-5-13(9(7)10(14)15)8-6-11-3-4-12-8/h3-4,6-7,9H,2,5H2,1H3,(H,14,15). The van der Waals surface area contributed by atoms with Crippen LogP contribution in [0.1, 0.15) is 13.3 Å². The maximum absolute atomic E-state index is 11.1. The third kappa shape index (κ3) is 1.77. The normalized spacial score (nSPS) is 25.5. The van der Waals surface area contributed by atoms with E-state index >= 15 is 0 Å². The molecule has 1 saturated heterocycles. The fourth-order valence-electron chi connectivity index (χ4n) is 2.02. The summed E-state index contributed by atoms with van der Waals surface area (Å²) in [6.45, 7) is 2.69. The van der Waals surface area contributed by atoms with Crippen LogP contribution in [0.15, 0.2) is 18.6 Å². The molecule has 0 saturated carbocycles. The van der Waals surface area contributed by atoms with Crippen molar-refractivity contribution in [2.24, 2.45) is 5.92 Å². The van der Waals surface area contributed by atoms with E-state index in [-0.39, 0.29) is 5.92 Å². The Balaban J connectivity index is 2.26. The number of anilines is 1. The summed E-state index contributed by atoms with van der Waals surface area (Å²) in [4.78, 5) is 21.0. The van der Waals surface area contributed by atoms with Gasteiger partial charge in [-0.25, -0.2) is 9.78 Å². The molecule has 80 valence electrons. The van der Waals surface area contributed by atoms with Crippen molar-refractivity contribution >= 4 is 11.8 Å². The molecular formula is C10H13N3O2. The molecule has 1 N–H and O–H groups in total. The highest BCUT2D eigenvalue weighted by Gasteiger charge is 2.37. The maximum Gasteiger partial charge on any atom is 0.326 e. The summed E-state index contributed by atoms with van der Waals surface area (Å²) in [5, 5.41) is 9.13. The number of carboxylic acids is 1. The number of hydrogen-bond donors (Lipinski definition) is 1. The van der Waals surface area contributed by atoms with E-state index in [4.69, 9.17) is 5.11 Å². The van der Waals surface area contributed by atoms with Gasteiger partial charge < -0.3 is 10.0 Å². The Morgan fingerprint density at radius 3 is 3.00 bits per heavy atom. The average Bonchev–Trinajstić information content (AvgIpc) is 2.61. The Hall–Kier alpha value is -1.65. The zero-order chi connectivity index (χ0) is 10.8. The first-order valence-electron chi connectivity index (χ1n) is 4.95. The summed E-state index contributed by atoms with van der Waals surface area (Å²) in [6, 6.07) is -0.471. The van der Waals surface area contributed by atoms with Crippen molar-refractivity contribution in [2.75, 3.05) is 11.4 Å². The van der Waals surface area contributed by atoms with Crippen molar-refractivity contribution in [3.63, 3.8) is 0 Å². The molecule has 2 atom stereocenters. The molecule has 5 heteroatoms. The predicted octanol–water partition coefficient (Wildman–Crippen LogP) is 0.776. The topological polar surface area (TPSA) is 66.3 Å². The lowest BCUT2D eigenvalue weighted by atomic mass is 10.0. The molecule has 0 aromatic carbocycles. The maximum atomic E-state index is 11.1. The molecule has 0 aliphatic carbocycles. The van der Waals surface area contributed by atoms with Gasteiger partial charge in [-0.2, -0.15) is 0 Å².